The van der Waals surface area contributed by atoms with E-state index in [2.05, 4.69) is 61.6 Å². The Morgan fingerprint density at radius 3 is 2.61 bits per heavy atom. The monoisotopic (exact) mass is 390 g/mol. The van der Waals surface area contributed by atoms with Gasteiger partial charge in [-0.3, -0.25) is 4.98 Å². The fraction of sp³-hybridized carbons (Fsp3) is 0.348. The molecule has 0 atom stereocenters. The predicted molar refractivity (Wildman–Crippen MR) is 117 cm³/mol. The van der Waals surface area contributed by atoms with Crippen LogP contribution in [0.3, 0.4) is 0 Å². The van der Waals surface area contributed by atoms with Gasteiger partial charge >= 0.3 is 0 Å². The van der Waals surface area contributed by atoms with Crippen LogP contribution in [0, 0.1) is 20.8 Å². The van der Waals surface area contributed by atoms with Crippen LogP contribution in [0.15, 0.2) is 36.0 Å². The Bertz CT molecular complexity index is 1120. The molecule has 0 radical (unpaired) electrons. The molecule has 0 N–H and O–H groups in total. The van der Waals surface area contributed by atoms with Gasteiger partial charge in [0.2, 0.25) is 0 Å². The summed E-state index contributed by atoms with van der Waals surface area (Å²) in [6.07, 6.45) is 5.96. The van der Waals surface area contributed by atoms with Gasteiger partial charge in [0.1, 0.15) is 5.69 Å². The minimum Gasteiger partial charge on any atom is -0.264 e. The molecular weight excluding hydrogens is 364 g/mol. The van der Waals surface area contributed by atoms with Gasteiger partial charge in [0.15, 0.2) is 5.65 Å². The highest BCUT2D eigenvalue weighted by Gasteiger charge is 2.22. The maximum Gasteiger partial charge on any atom is 0.158 e. The van der Waals surface area contributed by atoms with Crippen LogP contribution in [0.25, 0.3) is 27.3 Å². The first-order valence-electron chi connectivity index (χ1n) is 9.90. The van der Waals surface area contributed by atoms with Crippen LogP contribution in [0.2, 0.25) is 0 Å². The lowest BCUT2D eigenvalue weighted by Crippen LogP contribution is -2.05. The molecule has 0 amide bonds. The number of imidazole rings is 1. The number of pyridine rings is 1. The second-order valence-corrected chi connectivity index (χ2v) is 8.26. The van der Waals surface area contributed by atoms with Gasteiger partial charge in [0.25, 0.3) is 0 Å². The lowest BCUT2D eigenvalue weighted by atomic mass is 9.95. The minimum absolute atomic E-state index is 0.509. The number of rotatable bonds is 5. The molecule has 4 rings (SSSR count). The van der Waals surface area contributed by atoms with Crippen molar-refractivity contribution in [1.82, 2.24) is 19.6 Å². The van der Waals surface area contributed by atoms with Crippen LogP contribution in [0.5, 0.6) is 0 Å². The Hall–Kier alpha value is -2.53. The van der Waals surface area contributed by atoms with E-state index in [1.165, 1.54) is 21.6 Å². The maximum absolute atomic E-state index is 4.97. The summed E-state index contributed by atoms with van der Waals surface area (Å²) in [4.78, 5) is 10.5. The van der Waals surface area contributed by atoms with E-state index in [1.54, 1.807) is 11.3 Å². The zero-order valence-corrected chi connectivity index (χ0v) is 18.0. The average Bonchev–Trinajstić information content (AvgIpc) is 3.22. The Morgan fingerprint density at radius 2 is 1.93 bits per heavy atom. The standard InChI is InChI=1S/C23H26N4S/c1-6-17(7-2)19-11-14(3)26-27-21(16(5)25-23(19)27)22-15(4)20(13-28-22)18-9-8-10-24-12-18/h8-13,17H,6-7H2,1-5H3. The van der Waals surface area contributed by atoms with E-state index in [9.17, 15) is 0 Å². The van der Waals surface area contributed by atoms with Crippen LogP contribution < -0.4 is 0 Å². The topological polar surface area (TPSA) is 43.1 Å². The van der Waals surface area contributed by atoms with E-state index in [1.807, 2.05) is 18.5 Å². The smallest absolute Gasteiger partial charge is 0.158 e. The van der Waals surface area contributed by atoms with Crippen LogP contribution in [-0.4, -0.2) is 19.6 Å². The molecule has 4 heterocycles. The fourth-order valence-electron chi connectivity index (χ4n) is 4.03. The molecule has 144 valence electrons. The first-order valence-corrected chi connectivity index (χ1v) is 10.8. The van der Waals surface area contributed by atoms with E-state index >= 15 is 0 Å². The van der Waals surface area contributed by atoms with Gasteiger partial charge in [-0.15, -0.1) is 11.3 Å². The molecule has 0 fully saturated rings. The van der Waals surface area contributed by atoms with Gasteiger partial charge in [-0.1, -0.05) is 19.9 Å². The third-order valence-corrected chi connectivity index (χ3v) is 6.65. The minimum atomic E-state index is 0.509. The van der Waals surface area contributed by atoms with Crippen LogP contribution in [0.4, 0.5) is 0 Å². The molecule has 0 aliphatic rings. The summed E-state index contributed by atoms with van der Waals surface area (Å²) >= 11 is 1.76. The SMILES string of the molecule is CCC(CC)c1cc(C)nn2c(-c3scc(-c4cccnc4)c3C)c(C)nc12. The third-order valence-electron chi connectivity index (χ3n) is 5.56. The molecule has 0 aromatic carbocycles. The van der Waals surface area contributed by atoms with Crippen LogP contribution >= 0.6 is 11.3 Å². The molecule has 0 bridgehead atoms. The molecule has 0 aliphatic heterocycles. The normalized spacial score (nSPS) is 11.6. The number of thiophene rings is 1. The fourth-order valence-corrected chi connectivity index (χ4v) is 5.21. The van der Waals surface area contributed by atoms with Crippen molar-refractivity contribution < 1.29 is 0 Å². The lowest BCUT2D eigenvalue weighted by molar-refractivity contribution is 0.638. The van der Waals surface area contributed by atoms with Gasteiger partial charge in [-0.05, 0) is 68.2 Å². The molecular formula is C23H26N4S. The predicted octanol–water partition coefficient (Wildman–Crippen LogP) is 6.35. The van der Waals surface area contributed by atoms with Gasteiger partial charge < -0.3 is 0 Å². The van der Waals surface area contributed by atoms with Crippen molar-refractivity contribution >= 4 is 17.0 Å². The average molecular weight is 391 g/mol. The van der Waals surface area contributed by atoms with E-state index in [0.29, 0.717) is 5.92 Å². The molecule has 4 nitrogen and oxygen atoms in total. The van der Waals surface area contributed by atoms with Gasteiger partial charge in [-0.2, -0.15) is 5.10 Å². The molecule has 0 unspecified atom stereocenters. The Balaban J connectivity index is 1.94. The maximum atomic E-state index is 4.97. The highest BCUT2D eigenvalue weighted by atomic mass is 32.1. The van der Waals surface area contributed by atoms with Gasteiger partial charge in [0.05, 0.1) is 16.3 Å². The van der Waals surface area contributed by atoms with Crippen molar-refractivity contribution in [2.24, 2.45) is 0 Å². The summed E-state index contributed by atoms with van der Waals surface area (Å²) in [6.45, 7) is 10.9. The zero-order valence-electron chi connectivity index (χ0n) is 17.2. The van der Waals surface area contributed by atoms with Crippen molar-refractivity contribution in [3.63, 3.8) is 0 Å². The zero-order chi connectivity index (χ0) is 19.8. The number of hydrogen-bond acceptors (Lipinski definition) is 4. The molecule has 0 aliphatic carbocycles. The highest BCUT2D eigenvalue weighted by molar-refractivity contribution is 7.14. The van der Waals surface area contributed by atoms with Gasteiger partial charge in [-0.25, -0.2) is 9.50 Å². The summed E-state index contributed by atoms with van der Waals surface area (Å²) < 4.78 is 2.07. The van der Waals surface area contributed by atoms with E-state index < -0.39 is 0 Å². The quantitative estimate of drug-likeness (QED) is 0.399. The molecule has 4 aromatic heterocycles. The first kappa shape index (κ1) is 18.8. The molecule has 28 heavy (non-hydrogen) atoms. The van der Waals surface area contributed by atoms with Crippen LogP contribution in [-0.2, 0) is 0 Å². The van der Waals surface area contributed by atoms with E-state index in [-0.39, 0.29) is 0 Å². The number of aromatic nitrogens is 4. The third kappa shape index (κ3) is 3.04. The second kappa shape index (κ2) is 7.47. The number of aryl methyl sites for hydroxylation is 2. The summed E-state index contributed by atoms with van der Waals surface area (Å²) in [5, 5.41) is 7.08. The highest BCUT2D eigenvalue weighted by Crippen LogP contribution is 2.40. The van der Waals surface area contributed by atoms with Crippen molar-refractivity contribution in [2.45, 2.75) is 53.4 Å². The van der Waals surface area contributed by atoms with E-state index in [0.717, 1.165) is 41.1 Å². The Labute approximate surface area is 170 Å². The Morgan fingerprint density at radius 1 is 1.14 bits per heavy atom. The molecule has 0 saturated heterocycles. The summed E-state index contributed by atoms with van der Waals surface area (Å²) in [7, 11) is 0. The summed E-state index contributed by atoms with van der Waals surface area (Å²) in [5.74, 6) is 0.509. The van der Waals surface area contributed by atoms with Gasteiger partial charge in [0, 0.05) is 23.5 Å². The van der Waals surface area contributed by atoms with Crippen molar-refractivity contribution in [3.05, 3.63) is 58.5 Å². The number of fused-ring (bicyclic) bond motifs is 1. The molecule has 5 heteroatoms. The lowest BCUT2D eigenvalue weighted by Gasteiger charge is -2.14. The van der Waals surface area contributed by atoms with Crippen molar-refractivity contribution in [3.8, 4) is 21.7 Å². The second-order valence-electron chi connectivity index (χ2n) is 7.38. The first-order chi connectivity index (χ1) is 13.5. The van der Waals surface area contributed by atoms with Crippen LogP contribution in [0.1, 0.15) is 55.1 Å². The number of nitrogens with zero attached hydrogens (tertiary/aromatic N) is 4. The summed E-state index contributed by atoms with van der Waals surface area (Å²) in [5.41, 5.74) is 9.14. The van der Waals surface area contributed by atoms with E-state index in [4.69, 9.17) is 10.1 Å². The van der Waals surface area contributed by atoms with Crippen molar-refractivity contribution in [1.29, 1.82) is 0 Å². The van der Waals surface area contributed by atoms with Crippen molar-refractivity contribution in [2.75, 3.05) is 0 Å². The Kier molecular flexibility index (Phi) is 5.02. The molecule has 0 saturated carbocycles. The molecule has 4 aromatic rings. The largest absolute Gasteiger partial charge is 0.264 e. The number of hydrogen-bond donors (Lipinski definition) is 0. The molecule has 0 spiro atoms. The summed E-state index contributed by atoms with van der Waals surface area (Å²) in [6, 6.07) is 6.31.